The Balaban J connectivity index is 1.36. The Labute approximate surface area is 185 Å². The highest BCUT2D eigenvalue weighted by molar-refractivity contribution is 5.79. The van der Waals surface area contributed by atoms with Crippen LogP contribution < -0.4 is 10.1 Å². The molecule has 0 heterocycles. The predicted molar refractivity (Wildman–Crippen MR) is 122 cm³/mol. The number of hydrogen-bond donors (Lipinski definition) is 1. The van der Waals surface area contributed by atoms with Crippen LogP contribution in [0.15, 0.2) is 72.8 Å². The maximum absolute atomic E-state index is 12.2. The van der Waals surface area contributed by atoms with Crippen LogP contribution in [0.3, 0.4) is 0 Å². The molecule has 0 unspecified atom stereocenters. The Bertz CT molecular complexity index is 1140. The maximum atomic E-state index is 12.2. The van der Waals surface area contributed by atoms with E-state index in [4.69, 9.17) is 9.47 Å². The van der Waals surface area contributed by atoms with E-state index in [-0.39, 0.29) is 24.8 Å². The molecule has 3 aromatic carbocycles. The van der Waals surface area contributed by atoms with Gasteiger partial charge in [-0.2, -0.15) is 0 Å². The van der Waals surface area contributed by atoms with Gasteiger partial charge < -0.3 is 14.8 Å². The van der Waals surface area contributed by atoms with Crippen molar-refractivity contribution in [3.63, 3.8) is 0 Å². The molecule has 1 N–H and O–H groups in total. The Morgan fingerprint density at radius 1 is 1.06 bits per heavy atom. The molecule has 1 aliphatic carbocycles. The second kappa shape index (κ2) is 9.34. The van der Waals surface area contributed by atoms with Crippen LogP contribution in [0, 0.1) is 10.1 Å². The third-order valence-electron chi connectivity index (χ3n) is 5.44. The van der Waals surface area contributed by atoms with Crippen LogP contribution in [-0.2, 0) is 4.74 Å². The first-order valence-electron chi connectivity index (χ1n) is 10.2. The molecule has 0 aromatic heterocycles. The number of methoxy groups -OCH3 is 1. The van der Waals surface area contributed by atoms with Crippen molar-refractivity contribution in [2.75, 3.05) is 20.3 Å². The molecule has 1 amide bonds. The van der Waals surface area contributed by atoms with Gasteiger partial charge >= 0.3 is 6.09 Å². The smallest absolute Gasteiger partial charge is 0.407 e. The minimum absolute atomic E-state index is 0.0110. The monoisotopic (exact) mass is 430 g/mol. The summed E-state index contributed by atoms with van der Waals surface area (Å²) < 4.78 is 10.6. The largest absolute Gasteiger partial charge is 0.497 e. The minimum atomic E-state index is -0.545. The van der Waals surface area contributed by atoms with Crippen molar-refractivity contribution in [2.24, 2.45) is 0 Å². The van der Waals surface area contributed by atoms with Crippen molar-refractivity contribution in [3.05, 3.63) is 99.6 Å². The van der Waals surface area contributed by atoms with E-state index in [9.17, 15) is 14.9 Å². The average molecular weight is 430 g/mol. The van der Waals surface area contributed by atoms with Gasteiger partial charge in [0.25, 0.3) is 5.69 Å². The standard InChI is InChI=1S/C25H22N2O5/c1-31-18-12-13-24(27(29)30)17(15-18)7-6-14-26-25(28)32-16-23-21-10-4-2-8-19(21)20-9-3-5-11-22(20)23/h2-13,15,23H,14,16H2,1H3,(H,26,28). The van der Waals surface area contributed by atoms with Crippen LogP contribution in [0.5, 0.6) is 5.75 Å². The number of nitrogens with zero attached hydrogens (tertiary/aromatic N) is 1. The van der Waals surface area contributed by atoms with Crippen LogP contribution in [0.25, 0.3) is 17.2 Å². The average Bonchev–Trinajstić information content (AvgIpc) is 3.14. The van der Waals surface area contributed by atoms with Gasteiger partial charge in [0.05, 0.1) is 17.6 Å². The number of rotatable bonds is 7. The lowest BCUT2D eigenvalue weighted by Crippen LogP contribution is -2.26. The van der Waals surface area contributed by atoms with Crippen molar-refractivity contribution < 1.29 is 19.2 Å². The highest BCUT2D eigenvalue weighted by Crippen LogP contribution is 2.44. The first-order chi connectivity index (χ1) is 15.6. The molecule has 0 saturated heterocycles. The van der Waals surface area contributed by atoms with Crippen LogP contribution >= 0.6 is 0 Å². The molecule has 1 aliphatic rings. The zero-order valence-electron chi connectivity index (χ0n) is 17.5. The fourth-order valence-corrected chi connectivity index (χ4v) is 3.94. The number of alkyl carbamates (subject to hydrolysis) is 1. The van der Waals surface area contributed by atoms with Crippen LogP contribution in [-0.4, -0.2) is 31.3 Å². The highest BCUT2D eigenvalue weighted by atomic mass is 16.6. The Morgan fingerprint density at radius 3 is 2.34 bits per heavy atom. The number of nitro benzene ring substituents is 1. The summed E-state index contributed by atoms with van der Waals surface area (Å²) in [4.78, 5) is 22.9. The number of amides is 1. The van der Waals surface area contributed by atoms with Gasteiger partial charge in [-0.1, -0.05) is 60.7 Å². The molecule has 0 spiro atoms. The lowest BCUT2D eigenvalue weighted by Gasteiger charge is -2.14. The van der Waals surface area contributed by atoms with E-state index in [1.165, 1.54) is 30.4 Å². The number of fused-ring (bicyclic) bond motifs is 3. The predicted octanol–water partition coefficient (Wildman–Crippen LogP) is 5.16. The van der Waals surface area contributed by atoms with E-state index < -0.39 is 11.0 Å². The molecule has 162 valence electrons. The zero-order chi connectivity index (χ0) is 22.5. The normalized spacial score (nSPS) is 12.3. The quantitative estimate of drug-likeness (QED) is 0.413. The van der Waals surface area contributed by atoms with E-state index in [0.717, 1.165) is 11.1 Å². The van der Waals surface area contributed by atoms with E-state index in [2.05, 4.69) is 29.6 Å². The van der Waals surface area contributed by atoms with E-state index >= 15 is 0 Å². The molecule has 0 aliphatic heterocycles. The summed E-state index contributed by atoms with van der Waals surface area (Å²) in [5.74, 6) is 0.503. The van der Waals surface area contributed by atoms with Crippen molar-refractivity contribution in [1.29, 1.82) is 0 Å². The van der Waals surface area contributed by atoms with Gasteiger partial charge in [-0.05, 0) is 34.4 Å². The fraction of sp³-hybridized carbons (Fsp3) is 0.160. The second-order valence-electron chi connectivity index (χ2n) is 7.29. The molecule has 0 bridgehead atoms. The maximum Gasteiger partial charge on any atom is 0.407 e. The van der Waals surface area contributed by atoms with Crippen LogP contribution in [0.4, 0.5) is 10.5 Å². The Hall–Kier alpha value is -4.13. The molecule has 0 fully saturated rings. The zero-order valence-corrected chi connectivity index (χ0v) is 17.5. The first-order valence-corrected chi connectivity index (χ1v) is 10.2. The van der Waals surface area contributed by atoms with Gasteiger partial charge in [-0.15, -0.1) is 0 Å². The van der Waals surface area contributed by atoms with E-state index in [1.807, 2.05) is 24.3 Å². The van der Waals surface area contributed by atoms with Crippen molar-refractivity contribution >= 4 is 17.9 Å². The summed E-state index contributed by atoms with van der Waals surface area (Å²) in [6.45, 7) is 0.399. The number of carbonyl (C=O) groups excluding carboxylic acids is 1. The number of ether oxygens (including phenoxy) is 2. The third-order valence-corrected chi connectivity index (χ3v) is 5.44. The molecule has 7 heteroatoms. The van der Waals surface area contributed by atoms with Gasteiger partial charge in [-0.3, -0.25) is 10.1 Å². The molecule has 7 nitrogen and oxygen atoms in total. The molecule has 3 aromatic rings. The van der Waals surface area contributed by atoms with Crippen LogP contribution in [0.2, 0.25) is 0 Å². The highest BCUT2D eigenvalue weighted by Gasteiger charge is 2.28. The van der Waals surface area contributed by atoms with Crippen LogP contribution in [0.1, 0.15) is 22.6 Å². The van der Waals surface area contributed by atoms with Gasteiger partial charge in [0, 0.05) is 18.5 Å². The van der Waals surface area contributed by atoms with Gasteiger partial charge in [0.15, 0.2) is 0 Å². The van der Waals surface area contributed by atoms with Gasteiger partial charge in [-0.25, -0.2) is 4.79 Å². The summed E-state index contributed by atoms with van der Waals surface area (Å²) in [6, 6.07) is 20.8. The van der Waals surface area contributed by atoms with Crippen molar-refractivity contribution in [3.8, 4) is 16.9 Å². The molecular weight excluding hydrogens is 408 g/mol. The number of hydrogen-bond acceptors (Lipinski definition) is 5. The molecule has 0 saturated carbocycles. The van der Waals surface area contributed by atoms with Crippen molar-refractivity contribution in [1.82, 2.24) is 5.32 Å². The fourth-order valence-electron chi connectivity index (χ4n) is 3.94. The SMILES string of the molecule is COc1ccc([N+](=O)[O-])c(C=CCNC(=O)OCC2c3ccccc3-c3ccccc32)c1. The van der Waals surface area contributed by atoms with E-state index in [1.54, 1.807) is 18.2 Å². The molecule has 0 atom stereocenters. The topological polar surface area (TPSA) is 90.7 Å². The molecule has 0 radical (unpaired) electrons. The van der Waals surface area contributed by atoms with Crippen molar-refractivity contribution in [2.45, 2.75) is 5.92 Å². The van der Waals surface area contributed by atoms with E-state index in [0.29, 0.717) is 11.3 Å². The first kappa shape index (κ1) is 21.1. The summed E-state index contributed by atoms with van der Waals surface area (Å²) in [7, 11) is 1.49. The Kier molecular flexibility index (Phi) is 6.17. The summed E-state index contributed by atoms with van der Waals surface area (Å²) in [5, 5.41) is 13.8. The lowest BCUT2D eigenvalue weighted by atomic mass is 9.98. The molecule has 4 rings (SSSR count). The molecule has 32 heavy (non-hydrogen) atoms. The van der Waals surface area contributed by atoms with Gasteiger partial charge in [0.2, 0.25) is 0 Å². The third kappa shape index (κ3) is 4.32. The van der Waals surface area contributed by atoms with Gasteiger partial charge in [0.1, 0.15) is 12.4 Å². The number of nitro groups is 1. The summed E-state index contributed by atoms with van der Waals surface area (Å²) in [6.07, 6.45) is 2.66. The molecular formula is C25H22N2O5. The number of nitrogens with one attached hydrogen (secondary N) is 1. The minimum Gasteiger partial charge on any atom is -0.497 e. The lowest BCUT2D eigenvalue weighted by molar-refractivity contribution is -0.385. The number of carbonyl (C=O) groups is 1. The number of benzene rings is 3. The summed E-state index contributed by atoms with van der Waals surface area (Å²) in [5.41, 5.74) is 4.98. The summed E-state index contributed by atoms with van der Waals surface area (Å²) >= 11 is 0. The Morgan fingerprint density at radius 2 is 1.72 bits per heavy atom. The second-order valence-corrected chi connectivity index (χ2v) is 7.29.